The monoisotopic (exact) mass is 411 g/mol. The summed E-state index contributed by atoms with van der Waals surface area (Å²) in [4.78, 5) is 11.7. The minimum Gasteiger partial charge on any atom is -0.496 e. The summed E-state index contributed by atoms with van der Waals surface area (Å²) in [5.74, 6) is 2.74. The van der Waals surface area contributed by atoms with Crippen molar-refractivity contribution in [1.82, 2.24) is 15.6 Å². The van der Waals surface area contributed by atoms with E-state index in [-0.39, 0.29) is 0 Å². The lowest BCUT2D eigenvalue weighted by molar-refractivity contribution is 0.122. The summed E-state index contributed by atoms with van der Waals surface area (Å²) in [6, 6.07) is 10.3. The fraction of sp³-hybridized carbons (Fsp3) is 0.478. The maximum atomic E-state index is 5.49. The highest BCUT2D eigenvalue weighted by Gasteiger charge is 2.15. The fourth-order valence-electron chi connectivity index (χ4n) is 3.54. The van der Waals surface area contributed by atoms with E-state index in [4.69, 9.17) is 14.5 Å². The predicted molar refractivity (Wildman–Crippen MR) is 122 cm³/mol. The number of rotatable bonds is 8. The van der Waals surface area contributed by atoms with Gasteiger partial charge in [-0.2, -0.15) is 0 Å². The molecular weight excluding hydrogens is 378 g/mol. The van der Waals surface area contributed by atoms with Crippen molar-refractivity contribution in [3.63, 3.8) is 0 Å². The van der Waals surface area contributed by atoms with E-state index in [1.54, 1.807) is 7.11 Å². The Hall–Kier alpha value is -2.80. The summed E-state index contributed by atoms with van der Waals surface area (Å²) in [7, 11) is 1.72. The molecule has 7 nitrogen and oxygen atoms in total. The topological polar surface area (TPSA) is 71.0 Å². The number of hydrogen-bond donors (Lipinski definition) is 2. The molecule has 2 N–H and O–H groups in total. The van der Waals surface area contributed by atoms with Crippen molar-refractivity contribution < 1.29 is 9.47 Å². The van der Waals surface area contributed by atoms with Gasteiger partial charge in [-0.05, 0) is 38.0 Å². The molecule has 7 heteroatoms. The molecule has 1 aliphatic heterocycles. The van der Waals surface area contributed by atoms with Crippen molar-refractivity contribution in [2.24, 2.45) is 4.99 Å². The van der Waals surface area contributed by atoms with Gasteiger partial charge in [-0.3, -0.25) is 0 Å². The Morgan fingerprint density at radius 3 is 2.80 bits per heavy atom. The van der Waals surface area contributed by atoms with E-state index in [1.807, 2.05) is 18.3 Å². The zero-order valence-electron chi connectivity index (χ0n) is 18.3. The number of ether oxygens (including phenoxy) is 2. The van der Waals surface area contributed by atoms with E-state index in [1.165, 1.54) is 11.1 Å². The molecule has 1 aromatic heterocycles. The van der Waals surface area contributed by atoms with Crippen LogP contribution in [0.4, 0.5) is 5.82 Å². The van der Waals surface area contributed by atoms with Crippen molar-refractivity contribution in [2.75, 3.05) is 51.4 Å². The van der Waals surface area contributed by atoms with Crippen LogP contribution < -0.4 is 20.3 Å². The van der Waals surface area contributed by atoms with Gasteiger partial charge in [-0.25, -0.2) is 9.98 Å². The van der Waals surface area contributed by atoms with Gasteiger partial charge in [0.05, 0.1) is 26.9 Å². The summed E-state index contributed by atoms with van der Waals surface area (Å²) in [5, 5.41) is 6.77. The normalized spacial score (nSPS) is 14.5. The van der Waals surface area contributed by atoms with Gasteiger partial charge in [-0.15, -0.1) is 0 Å². The molecule has 2 heterocycles. The first kappa shape index (κ1) is 21.9. The highest BCUT2D eigenvalue weighted by atomic mass is 16.5. The Morgan fingerprint density at radius 1 is 1.20 bits per heavy atom. The maximum absolute atomic E-state index is 5.49. The second-order valence-electron chi connectivity index (χ2n) is 7.27. The zero-order chi connectivity index (χ0) is 21.2. The van der Waals surface area contributed by atoms with Crippen LogP contribution in [0.1, 0.15) is 23.6 Å². The smallest absolute Gasteiger partial charge is 0.191 e. The molecule has 0 saturated carbocycles. The maximum Gasteiger partial charge on any atom is 0.191 e. The van der Waals surface area contributed by atoms with Crippen LogP contribution in [-0.2, 0) is 17.7 Å². The number of hydrogen-bond acceptors (Lipinski definition) is 5. The Bertz CT molecular complexity index is 834. The van der Waals surface area contributed by atoms with Crippen LogP contribution >= 0.6 is 0 Å². The Kier molecular flexibility index (Phi) is 8.32. The first-order valence-corrected chi connectivity index (χ1v) is 10.6. The highest BCUT2D eigenvalue weighted by molar-refractivity contribution is 5.79. The Labute approximate surface area is 179 Å². The van der Waals surface area contributed by atoms with Gasteiger partial charge in [0.1, 0.15) is 11.6 Å². The number of aryl methyl sites for hydroxylation is 1. The molecule has 3 rings (SSSR count). The molecule has 1 saturated heterocycles. The summed E-state index contributed by atoms with van der Waals surface area (Å²) < 4.78 is 11.0. The second kappa shape index (κ2) is 11.4. The van der Waals surface area contributed by atoms with Gasteiger partial charge in [0.15, 0.2) is 5.96 Å². The number of guanidine groups is 1. The lowest BCUT2D eigenvalue weighted by atomic mass is 10.1. The summed E-state index contributed by atoms with van der Waals surface area (Å²) in [5.41, 5.74) is 3.55. The number of methoxy groups -OCH3 is 1. The number of nitrogens with zero attached hydrogens (tertiary/aromatic N) is 3. The van der Waals surface area contributed by atoms with Gasteiger partial charge in [0.2, 0.25) is 0 Å². The minimum absolute atomic E-state index is 0.573. The average Bonchev–Trinajstić information content (AvgIpc) is 2.78. The minimum atomic E-state index is 0.573. The highest BCUT2D eigenvalue weighted by Crippen LogP contribution is 2.20. The molecule has 2 aromatic rings. The van der Waals surface area contributed by atoms with Crippen LogP contribution in [0.15, 0.2) is 41.5 Å². The molecule has 162 valence electrons. The van der Waals surface area contributed by atoms with Crippen LogP contribution in [0.2, 0.25) is 0 Å². The summed E-state index contributed by atoms with van der Waals surface area (Å²) in [6.07, 6.45) is 2.71. The van der Waals surface area contributed by atoms with Crippen LogP contribution in [0.25, 0.3) is 0 Å². The van der Waals surface area contributed by atoms with E-state index < -0.39 is 0 Å². The molecule has 1 aromatic carbocycles. The Morgan fingerprint density at radius 2 is 2.03 bits per heavy atom. The van der Waals surface area contributed by atoms with Gasteiger partial charge < -0.3 is 25.0 Å². The number of morpholine rings is 1. The second-order valence-corrected chi connectivity index (χ2v) is 7.27. The average molecular weight is 412 g/mol. The molecule has 1 fully saturated rings. The Balaban J connectivity index is 1.63. The van der Waals surface area contributed by atoms with Crippen molar-refractivity contribution in [3.8, 4) is 5.75 Å². The lowest BCUT2D eigenvalue weighted by Crippen LogP contribution is -2.38. The largest absolute Gasteiger partial charge is 0.496 e. The van der Waals surface area contributed by atoms with Crippen molar-refractivity contribution in [3.05, 3.63) is 53.2 Å². The van der Waals surface area contributed by atoms with Crippen molar-refractivity contribution >= 4 is 11.8 Å². The molecule has 0 aliphatic carbocycles. The fourth-order valence-corrected chi connectivity index (χ4v) is 3.54. The third-order valence-electron chi connectivity index (χ3n) is 5.05. The standard InChI is InChI=1S/C23H33N5O2/c1-4-24-23(26-11-9-19-16-18(2)7-8-21(19)29-3)27-17-20-6-5-10-25-22(20)28-12-14-30-15-13-28/h5-8,10,16H,4,9,11-15,17H2,1-3H3,(H2,24,26,27). The van der Waals surface area contributed by atoms with E-state index in [0.29, 0.717) is 6.54 Å². The lowest BCUT2D eigenvalue weighted by Gasteiger charge is -2.29. The van der Waals surface area contributed by atoms with Gasteiger partial charge in [0.25, 0.3) is 0 Å². The zero-order valence-corrected chi connectivity index (χ0v) is 18.3. The molecule has 0 amide bonds. The van der Waals surface area contributed by atoms with Crippen molar-refractivity contribution in [1.29, 1.82) is 0 Å². The SMILES string of the molecule is CCNC(=NCc1cccnc1N1CCOCC1)NCCc1cc(C)ccc1OC. The molecular formula is C23H33N5O2. The van der Waals surface area contributed by atoms with Crippen LogP contribution in [0, 0.1) is 6.92 Å². The molecule has 0 unspecified atom stereocenters. The van der Waals surface area contributed by atoms with Gasteiger partial charge in [-0.1, -0.05) is 23.8 Å². The molecule has 1 aliphatic rings. The number of benzene rings is 1. The number of nitrogens with one attached hydrogen (secondary N) is 2. The van der Waals surface area contributed by atoms with E-state index >= 15 is 0 Å². The molecule has 0 spiro atoms. The first-order valence-electron chi connectivity index (χ1n) is 10.6. The van der Waals surface area contributed by atoms with Crippen LogP contribution in [0.3, 0.4) is 0 Å². The third kappa shape index (κ3) is 6.10. The summed E-state index contributed by atoms with van der Waals surface area (Å²) >= 11 is 0. The molecule has 30 heavy (non-hydrogen) atoms. The number of pyridine rings is 1. The van der Waals surface area contributed by atoms with Gasteiger partial charge in [0, 0.05) is 37.9 Å². The molecule has 0 radical (unpaired) electrons. The quantitative estimate of drug-likeness (QED) is 0.514. The first-order chi connectivity index (χ1) is 14.7. The predicted octanol–water partition coefficient (Wildman–Crippen LogP) is 2.53. The van der Waals surface area contributed by atoms with E-state index in [0.717, 1.165) is 68.9 Å². The molecule has 0 atom stereocenters. The van der Waals surface area contributed by atoms with Gasteiger partial charge >= 0.3 is 0 Å². The van der Waals surface area contributed by atoms with E-state index in [9.17, 15) is 0 Å². The van der Waals surface area contributed by atoms with E-state index in [2.05, 4.69) is 52.6 Å². The number of anilines is 1. The third-order valence-corrected chi connectivity index (χ3v) is 5.05. The molecule has 0 bridgehead atoms. The van der Waals surface area contributed by atoms with Crippen molar-refractivity contribution in [2.45, 2.75) is 26.8 Å². The number of aromatic nitrogens is 1. The summed E-state index contributed by atoms with van der Waals surface area (Å²) in [6.45, 7) is 9.54. The van der Waals surface area contributed by atoms with Crippen LogP contribution in [-0.4, -0.2) is 57.4 Å². The van der Waals surface area contributed by atoms with Crippen LogP contribution in [0.5, 0.6) is 5.75 Å². The number of aliphatic imine (C=N–C) groups is 1.